The first-order valence-corrected chi connectivity index (χ1v) is 8.99. The predicted molar refractivity (Wildman–Crippen MR) is 86.6 cm³/mol. The van der Waals surface area contributed by atoms with Gasteiger partial charge in [-0.1, -0.05) is 65.7 Å². The molecule has 1 fully saturated rings. The van der Waals surface area contributed by atoms with E-state index < -0.39 is 0 Å². The Kier molecular flexibility index (Phi) is 8.77. The van der Waals surface area contributed by atoms with Crippen molar-refractivity contribution in [2.75, 3.05) is 6.54 Å². The monoisotopic (exact) mass is 267 g/mol. The fraction of sp³-hybridized carbons (Fsp3) is 1.00. The zero-order valence-electron chi connectivity index (χ0n) is 13.8. The highest BCUT2D eigenvalue weighted by molar-refractivity contribution is 4.86. The summed E-state index contributed by atoms with van der Waals surface area (Å²) in [5.74, 6) is 0. The van der Waals surface area contributed by atoms with Crippen molar-refractivity contribution >= 4 is 0 Å². The molecule has 1 saturated carbocycles. The third-order valence-corrected chi connectivity index (χ3v) is 5.15. The summed E-state index contributed by atoms with van der Waals surface area (Å²) in [6.07, 6.45) is 17.0. The fourth-order valence-electron chi connectivity index (χ4n) is 3.05. The summed E-state index contributed by atoms with van der Waals surface area (Å²) in [6.45, 7) is 8.34. The number of rotatable bonds is 13. The van der Waals surface area contributed by atoms with Crippen LogP contribution in [0.4, 0.5) is 0 Å². The van der Waals surface area contributed by atoms with Crippen LogP contribution in [-0.2, 0) is 0 Å². The predicted octanol–water partition coefficient (Wildman–Crippen LogP) is 5.69. The second-order valence-corrected chi connectivity index (χ2v) is 6.73. The highest BCUT2D eigenvalue weighted by Crippen LogP contribution is 2.33. The van der Waals surface area contributed by atoms with E-state index in [1.807, 2.05) is 0 Å². The lowest BCUT2D eigenvalue weighted by Crippen LogP contribution is -2.34. The van der Waals surface area contributed by atoms with Gasteiger partial charge in [0.2, 0.25) is 0 Å². The molecule has 1 N–H and O–H groups in total. The lowest BCUT2D eigenvalue weighted by atomic mass is 9.77. The van der Waals surface area contributed by atoms with Gasteiger partial charge in [-0.2, -0.15) is 0 Å². The maximum absolute atomic E-state index is 3.77. The summed E-state index contributed by atoms with van der Waals surface area (Å²) in [7, 11) is 0. The lowest BCUT2D eigenvalue weighted by Gasteiger charge is -2.32. The van der Waals surface area contributed by atoms with Crippen molar-refractivity contribution in [2.24, 2.45) is 5.41 Å². The number of hydrogen-bond acceptors (Lipinski definition) is 1. The second kappa shape index (κ2) is 9.80. The van der Waals surface area contributed by atoms with Gasteiger partial charge in [-0.25, -0.2) is 0 Å². The van der Waals surface area contributed by atoms with Gasteiger partial charge in [0.15, 0.2) is 0 Å². The molecule has 1 heteroatoms. The zero-order chi connectivity index (χ0) is 14.0. The minimum Gasteiger partial charge on any atom is -0.313 e. The molecule has 1 nitrogen and oxygen atoms in total. The van der Waals surface area contributed by atoms with E-state index in [4.69, 9.17) is 0 Å². The summed E-state index contributed by atoms with van der Waals surface area (Å²) in [4.78, 5) is 0. The molecular formula is C18H37N. The quantitative estimate of drug-likeness (QED) is 0.423. The first-order valence-electron chi connectivity index (χ1n) is 8.99. The highest BCUT2D eigenvalue weighted by Gasteiger charge is 2.29. The normalized spacial score (nSPS) is 15.9. The summed E-state index contributed by atoms with van der Waals surface area (Å²) in [5.41, 5.74) is 0.589. The van der Waals surface area contributed by atoms with Crippen LogP contribution in [0.2, 0.25) is 0 Å². The van der Waals surface area contributed by atoms with Gasteiger partial charge in [-0.15, -0.1) is 0 Å². The average molecular weight is 268 g/mol. The molecule has 0 atom stereocenters. The first kappa shape index (κ1) is 17.0. The summed E-state index contributed by atoms with van der Waals surface area (Å²) in [5, 5.41) is 3.77. The molecule has 0 aromatic carbocycles. The molecule has 0 aromatic rings. The van der Waals surface area contributed by atoms with Crippen molar-refractivity contribution in [3.8, 4) is 0 Å². The minimum absolute atomic E-state index is 0.589. The van der Waals surface area contributed by atoms with Crippen LogP contribution in [0.1, 0.15) is 97.8 Å². The van der Waals surface area contributed by atoms with Crippen LogP contribution in [0.25, 0.3) is 0 Å². The third kappa shape index (κ3) is 7.34. The molecule has 0 aromatic heterocycles. The molecule has 0 heterocycles. The maximum atomic E-state index is 3.77. The number of hydrogen-bond donors (Lipinski definition) is 1. The summed E-state index contributed by atoms with van der Waals surface area (Å²) in [6, 6.07) is 0.867. The van der Waals surface area contributed by atoms with Gasteiger partial charge in [0, 0.05) is 12.6 Å². The standard InChI is InChI=1S/C18H37N/c1-4-7-8-9-10-11-12-15-18(5-2,6-3)16-19-17-13-14-17/h17,19H,4-16H2,1-3H3. The molecule has 0 unspecified atom stereocenters. The maximum Gasteiger partial charge on any atom is 0.00684 e. The Balaban J connectivity index is 2.09. The Morgan fingerprint density at radius 3 is 1.95 bits per heavy atom. The highest BCUT2D eigenvalue weighted by atomic mass is 15.0. The van der Waals surface area contributed by atoms with Gasteiger partial charge in [0.05, 0.1) is 0 Å². The molecular weight excluding hydrogens is 230 g/mol. The Bertz CT molecular complexity index is 204. The van der Waals surface area contributed by atoms with E-state index in [0.29, 0.717) is 5.41 Å². The SMILES string of the molecule is CCCCCCCCCC(CC)(CC)CNC1CC1. The Morgan fingerprint density at radius 1 is 0.842 bits per heavy atom. The summed E-state index contributed by atoms with van der Waals surface area (Å²) < 4.78 is 0. The molecule has 1 rings (SSSR count). The van der Waals surface area contributed by atoms with Gasteiger partial charge in [0.1, 0.15) is 0 Å². The molecule has 114 valence electrons. The van der Waals surface area contributed by atoms with E-state index in [-0.39, 0.29) is 0 Å². The number of nitrogens with one attached hydrogen (secondary N) is 1. The van der Waals surface area contributed by atoms with Crippen molar-refractivity contribution in [3.63, 3.8) is 0 Å². The molecule has 0 bridgehead atoms. The van der Waals surface area contributed by atoms with Gasteiger partial charge in [0.25, 0.3) is 0 Å². The van der Waals surface area contributed by atoms with E-state index in [1.54, 1.807) is 0 Å². The van der Waals surface area contributed by atoms with Crippen LogP contribution in [0.5, 0.6) is 0 Å². The van der Waals surface area contributed by atoms with Crippen molar-refractivity contribution < 1.29 is 0 Å². The molecule has 0 aliphatic heterocycles. The summed E-state index contributed by atoms with van der Waals surface area (Å²) >= 11 is 0. The molecule has 1 aliphatic rings. The lowest BCUT2D eigenvalue weighted by molar-refractivity contribution is 0.218. The zero-order valence-corrected chi connectivity index (χ0v) is 13.8. The third-order valence-electron chi connectivity index (χ3n) is 5.15. The molecule has 0 saturated heterocycles. The molecule has 0 amide bonds. The van der Waals surface area contributed by atoms with Crippen molar-refractivity contribution in [2.45, 2.75) is 104 Å². The van der Waals surface area contributed by atoms with E-state index in [9.17, 15) is 0 Å². The molecule has 0 radical (unpaired) electrons. The molecule has 1 aliphatic carbocycles. The van der Waals surface area contributed by atoms with Crippen LogP contribution in [-0.4, -0.2) is 12.6 Å². The van der Waals surface area contributed by atoms with Gasteiger partial charge < -0.3 is 5.32 Å². The largest absolute Gasteiger partial charge is 0.313 e. The number of unbranched alkanes of at least 4 members (excludes halogenated alkanes) is 6. The van der Waals surface area contributed by atoms with E-state index in [2.05, 4.69) is 26.1 Å². The van der Waals surface area contributed by atoms with Crippen molar-refractivity contribution in [3.05, 3.63) is 0 Å². The van der Waals surface area contributed by atoms with Crippen LogP contribution < -0.4 is 5.32 Å². The van der Waals surface area contributed by atoms with Crippen LogP contribution in [0.3, 0.4) is 0 Å². The van der Waals surface area contributed by atoms with E-state index in [1.165, 1.54) is 83.6 Å². The van der Waals surface area contributed by atoms with Gasteiger partial charge >= 0.3 is 0 Å². The van der Waals surface area contributed by atoms with Gasteiger partial charge in [-0.3, -0.25) is 0 Å². The smallest absolute Gasteiger partial charge is 0.00684 e. The Labute approximate surface area is 121 Å². The second-order valence-electron chi connectivity index (χ2n) is 6.73. The van der Waals surface area contributed by atoms with Crippen molar-refractivity contribution in [1.82, 2.24) is 5.32 Å². The van der Waals surface area contributed by atoms with Crippen LogP contribution in [0, 0.1) is 5.41 Å². The van der Waals surface area contributed by atoms with Gasteiger partial charge in [-0.05, 0) is 37.5 Å². The first-order chi connectivity index (χ1) is 9.26. The fourth-order valence-corrected chi connectivity index (χ4v) is 3.05. The molecule has 19 heavy (non-hydrogen) atoms. The van der Waals surface area contributed by atoms with E-state index in [0.717, 1.165) is 6.04 Å². The van der Waals surface area contributed by atoms with Crippen molar-refractivity contribution in [1.29, 1.82) is 0 Å². The van der Waals surface area contributed by atoms with Crippen LogP contribution in [0.15, 0.2) is 0 Å². The molecule has 0 spiro atoms. The Hall–Kier alpha value is -0.0400. The minimum atomic E-state index is 0.589. The average Bonchev–Trinajstić information content (AvgIpc) is 3.26. The topological polar surface area (TPSA) is 12.0 Å². The van der Waals surface area contributed by atoms with E-state index >= 15 is 0 Å². The Morgan fingerprint density at radius 2 is 1.42 bits per heavy atom. The van der Waals surface area contributed by atoms with Crippen LogP contribution >= 0.6 is 0 Å².